The molecule has 6 nitrogen and oxygen atoms in total. The lowest BCUT2D eigenvalue weighted by Gasteiger charge is -2.41. The molecular formula is C23H29N3O3. The number of piperidine rings is 1. The Morgan fingerprint density at radius 1 is 1.07 bits per heavy atom. The average molecular weight is 396 g/mol. The molecule has 3 fully saturated rings. The Morgan fingerprint density at radius 3 is 2.72 bits per heavy atom. The van der Waals surface area contributed by atoms with Gasteiger partial charge in [0.25, 0.3) is 5.91 Å². The van der Waals surface area contributed by atoms with Crippen molar-refractivity contribution in [3.63, 3.8) is 0 Å². The van der Waals surface area contributed by atoms with Crippen LogP contribution in [0, 0.1) is 11.8 Å². The second-order valence-electron chi connectivity index (χ2n) is 9.17. The minimum Gasteiger partial charge on any atom is -0.341 e. The van der Waals surface area contributed by atoms with Gasteiger partial charge in [-0.25, -0.2) is 4.79 Å². The third-order valence-corrected chi connectivity index (χ3v) is 7.59. The molecule has 6 heteroatoms. The number of rotatable bonds is 2. The van der Waals surface area contributed by atoms with Gasteiger partial charge in [0.05, 0.1) is 0 Å². The number of nitrogens with one attached hydrogen (secondary N) is 1. The summed E-state index contributed by atoms with van der Waals surface area (Å²) in [6.45, 7) is 1.38. The van der Waals surface area contributed by atoms with E-state index in [2.05, 4.69) is 5.32 Å². The summed E-state index contributed by atoms with van der Waals surface area (Å²) in [6.07, 6.45) is 8.43. The first-order chi connectivity index (χ1) is 14.1. The van der Waals surface area contributed by atoms with Crippen LogP contribution in [-0.2, 0) is 21.5 Å². The summed E-state index contributed by atoms with van der Waals surface area (Å²) < 4.78 is 0. The van der Waals surface area contributed by atoms with Gasteiger partial charge in [-0.2, -0.15) is 0 Å². The second kappa shape index (κ2) is 7.15. The van der Waals surface area contributed by atoms with Crippen LogP contribution in [0.4, 0.5) is 4.79 Å². The first-order valence-corrected chi connectivity index (χ1v) is 11.1. The highest BCUT2D eigenvalue weighted by Gasteiger charge is 2.54. The van der Waals surface area contributed by atoms with Gasteiger partial charge < -0.3 is 10.2 Å². The molecular weight excluding hydrogens is 366 g/mol. The van der Waals surface area contributed by atoms with Gasteiger partial charge in [-0.3, -0.25) is 14.5 Å². The lowest BCUT2D eigenvalue weighted by atomic mass is 9.75. The Morgan fingerprint density at radius 2 is 1.86 bits per heavy atom. The van der Waals surface area contributed by atoms with Crippen LogP contribution in [0.3, 0.4) is 0 Å². The van der Waals surface area contributed by atoms with Gasteiger partial charge in [0.15, 0.2) is 0 Å². The summed E-state index contributed by atoms with van der Waals surface area (Å²) >= 11 is 0. The summed E-state index contributed by atoms with van der Waals surface area (Å²) in [4.78, 5) is 42.1. The number of carbonyl (C=O) groups excluding carboxylic acids is 3. The van der Waals surface area contributed by atoms with Crippen molar-refractivity contribution in [2.24, 2.45) is 11.8 Å². The molecule has 2 heterocycles. The van der Waals surface area contributed by atoms with Crippen molar-refractivity contribution < 1.29 is 14.4 Å². The number of urea groups is 1. The number of fused-ring (bicyclic) bond motifs is 3. The zero-order valence-electron chi connectivity index (χ0n) is 16.9. The smallest absolute Gasteiger partial charge is 0.325 e. The zero-order valence-corrected chi connectivity index (χ0v) is 16.9. The van der Waals surface area contributed by atoms with E-state index in [1.54, 1.807) is 0 Å². The molecule has 4 aliphatic rings. The molecule has 2 saturated heterocycles. The van der Waals surface area contributed by atoms with Gasteiger partial charge in [0.2, 0.25) is 5.91 Å². The van der Waals surface area contributed by atoms with E-state index in [4.69, 9.17) is 0 Å². The Kier molecular flexibility index (Phi) is 4.60. The molecule has 1 N–H and O–H groups in total. The monoisotopic (exact) mass is 395 g/mol. The maximum atomic E-state index is 13.4. The normalized spacial score (nSPS) is 31.4. The highest BCUT2D eigenvalue weighted by atomic mass is 16.2. The van der Waals surface area contributed by atoms with Crippen LogP contribution in [0.25, 0.3) is 0 Å². The summed E-state index contributed by atoms with van der Waals surface area (Å²) in [5.41, 5.74) is 1.00. The molecule has 1 spiro atoms. The average Bonchev–Trinajstić information content (AvgIpc) is 2.98. The van der Waals surface area contributed by atoms with E-state index in [-0.39, 0.29) is 18.4 Å². The quantitative estimate of drug-likeness (QED) is 0.783. The summed E-state index contributed by atoms with van der Waals surface area (Å²) in [5.74, 6) is 0.960. The van der Waals surface area contributed by atoms with Crippen LogP contribution in [0.5, 0.6) is 0 Å². The van der Waals surface area contributed by atoms with Crippen molar-refractivity contribution in [2.45, 2.75) is 56.9 Å². The van der Waals surface area contributed by atoms with Crippen molar-refractivity contribution >= 4 is 17.8 Å². The van der Waals surface area contributed by atoms with Crippen molar-refractivity contribution in [3.05, 3.63) is 35.4 Å². The summed E-state index contributed by atoms with van der Waals surface area (Å²) in [7, 11) is 0. The van der Waals surface area contributed by atoms with Crippen molar-refractivity contribution in [1.82, 2.24) is 15.1 Å². The first-order valence-electron chi connectivity index (χ1n) is 11.1. The predicted molar refractivity (Wildman–Crippen MR) is 108 cm³/mol. The first kappa shape index (κ1) is 18.6. The molecule has 0 radical (unpaired) electrons. The Bertz CT molecular complexity index is 854. The number of hydrogen-bond donors (Lipinski definition) is 1. The Hall–Kier alpha value is -2.37. The highest BCUT2D eigenvalue weighted by Crippen LogP contribution is 2.40. The van der Waals surface area contributed by atoms with Gasteiger partial charge in [0.1, 0.15) is 12.1 Å². The molecule has 154 valence electrons. The number of benzene rings is 1. The number of likely N-dealkylation sites (tertiary alicyclic amines) is 1. The third kappa shape index (κ3) is 3.04. The van der Waals surface area contributed by atoms with Gasteiger partial charge >= 0.3 is 6.03 Å². The topological polar surface area (TPSA) is 69.7 Å². The number of aryl methyl sites for hydroxylation is 1. The zero-order chi connectivity index (χ0) is 20.0. The molecule has 2 aliphatic heterocycles. The predicted octanol–water partition coefficient (Wildman–Crippen LogP) is 2.81. The van der Waals surface area contributed by atoms with E-state index in [1.807, 2.05) is 29.2 Å². The number of carbonyl (C=O) groups is 3. The molecule has 2 aliphatic carbocycles. The largest absolute Gasteiger partial charge is 0.341 e. The van der Waals surface area contributed by atoms with Gasteiger partial charge in [-0.15, -0.1) is 0 Å². The number of imide groups is 1. The Balaban J connectivity index is 1.32. The van der Waals surface area contributed by atoms with E-state index in [0.717, 1.165) is 54.3 Å². The van der Waals surface area contributed by atoms with E-state index in [9.17, 15) is 14.4 Å². The fourth-order valence-corrected chi connectivity index (χ4v) is 6.02. The minimum absolute atomic E-state index is 0.0985. The van der Waals surface area contributed by atoms with E-state index < -0.39 is 11.6 Å². The van der Waals surface area contributed by atoms with Crippen LogP contribution in [0.1, 0.15) is 56.1 Å². The molecule has 1 aromatic rings. The fourth-order valence-electron chi connectivity index (χ4n) is 6.02. The molecule has 1 saturated carbocycles. The lowest BCUT2D eigenvalue weighted by molar-refractivity contribution is -0.141. The van der Waals surface area contributed by atoms with E-state index >= 15 is 0 Å². The fraction of sp³-hybridized carbons (Fsp3) is 0.609. The lowest BCUT2D eigenvalue weighted by Crippen LogP contribution is -2.50. The van der Waals surface area contributed by atoms with Crippen LogP contribution in [0.2, 0.25) is 0 Å². The number of amides is 4. The molecule has 0 bridgehead atoms. The van der Waals surface area contributed by atoms with Gasteiger partial charge in [-0.05, 0) is 55.1 Å². The van der Waals surface area contributed by atoms with Crippen LogP contribution in [0.15, 0.2) is 24.3 Å². The maximum absolute atomic E-state index is 13.4. The molecule has 29 heavy (non-hydrogen) atoms. The standard InChI is InChI=1S/C23H29N3O3/c27-20(25-13-11-16-6-1-2-8-18(16)14-25)15-26-21(28)23(24-22(26)29)12-5-9-17-7-3-4-10-19(17)23/h3-4,7,10,16,18H,1-2,5-6,8-9,11-15H2,(H,24,29)/t16-,18+,23-/m0/s1. The van der Waals surface area contributed by atoms with Crippen LogP contribution in [-0.4, -0.2) is 47.3 Å². The van der Waals surface area contributed by atoms with Crippen molar-refractivity contribution in [1.29, 1.82) is 0 Å². The van der Waals surface area contributed by atoms with E-state index in [1.165, 1.54) is 25.7 Å². The van der Waals surface area contributed by atoms with Crippen molar-refractivity contribution in [3.8, 4) is 0 Å². The molecule has 3 atom stereocenters. The van der Waals surface area contributed by atoms with E-state index in [0.29, 0.717) is 12.3 Å². The molecule has 1 aromatic carbocycles. The highest BCUT2D eigenvalue weighted by molar-refractivity contribution is 6.09. The number of nitrogens with zero attached hydrogens (tertiary/aromatic N) is 2. The molecule has 0 aromatic heterocycles. The third-order valence-electron chi connectivity index (χ3n) is 7.59. The van der Waals surface area contributed by atoms with Crippen LogP contribution < -0.4 is 5.32 Å². The SMILES string of the molecule is O=C(CN1C(=O)N[C@]2(CCCc3ccccc32)C1=O)N1CC[C@@H]2CCCC[C@@H]2C1. The Labute approximate surface area is 171 Å². The van der Waals surface area contributed by atoms with Gasteiger partial charge in [-0.1, -0.05) is 43.5 Å². The van der Waals surface area contributed by atoms with Crippen molar-refractivity contribution in [2.75, 3.05) is 19.6 Å². The maximum Gasteiger partial charge on any atom is 0.325 e. The summed E-state index contributed by atoms with van der Waals surface area (Å²) in [6, 6.07) is 7.40. The van der Waals surface area contributed by atoms with Gasteiger partial charge in [0, 0.05) is 13.1 Å². The minimum atomic E-state index is -0.997. The molecule has 0 unspecified atom stereocenters. The van der Waals surface area contributed by atoms with Crippen LogP contribution >= 0.6 is 0 Å². The number of hydrogen-bond acceptors (Lipinski definition) is 3. The molecule has 4 amide bonds. The second-order valence-corrected chi connectivity index (χ2v) is 9.17. The summed E-state index contributed by atoms with van der Waals surface area (Å²) in [5, 5.41) is 2.95. The molecule has 5 rings (SSSR count).